The van der Waals surface area contributed by atoms with Crippen LogP contribution in [0.3, 0.4) is 0 Å². The van der Waals surface area contributed by atoms with Crippen LogP contribution in [0.4, 0.5) is 0 Å². The van der Waals surface area contributed by atoms with Crippen LogP contribution in [0, 0.1) is 17.3 Å². The Hall–Kier alpha value is -0.0400. The van der Waals surface area contributed by atoms with Gasteiger partial charge in [-0.2, -0.15) is 0 Å². The Morgan fingerprint density at radius 1 is 1.25 bits per heavy atom. The molecule has 1 unspecified atom stereocenters. The topological polar surface area (TPSA) is 26.0 Å². The van der Waals surface area contributed by atoms with Gasteiger partial charge in [-0.15, -0.1) is 0 Å². The molecule has 0 aliphatic heterocycles. The normalized spacial score (nSPS) is 47.0. The summed E-state index contributed by atoms with van der Waals surface area (Å²) in [6, 6.07) is 0.538. The smallest absolute Gasteiger partial charge is 0.00494 e. The zero-order chi connectivity index (χ0) is 8.77. The molecule has 0 saturated heterocycles. The molecule has 2 fully saturated rings. The number of hydrogen-bond donors (Lipinski definition) is 1. The monoisotopic (exact) mass is 167 g/mol. The van der Waals surface area contributed by atoms with E-state index < -0.39 is 0 Å². The third kappa shape index (κ3) is 1.28. The lowest BCUT2D eigenvalue weighted by Gasteiger charge is -2.44. The van der Waals surface area contributed by atoms with Gasteiger partial charge < -0.3 is 5.73 Å². The van der Waals surface area contributed by atoms with Gasteiger partial charge in [-0.3, -0.25) is 0 Å². The van der Waals surface area contributed by atoms with Crippen molar-refractivity contribution in [3.05, 3.63) is 0 Å². The van der Waals surface area contributed by atoms with Crippen LogP contribution in [-0.4, -0.2) is 6.04 Å². The van der Waals surface area contributed by atoms with E-state index in [1.165, 1.54) is 32.1 Å². The van der Waals surface area contributed by atoms with Crippen molar-refractivity contribution in [3.8, 4) is 0 Å². The van der Waals surface area contributed by atoms with Gasteiger partial charge in [-0.25, -0.2) is 0 Å². The average molecular weight is 167 g/mol. The quantitative estimate of drug-likeness (QED) is 0.638. The van der Waals surface area contributed by atoms with E-state index in [4.69, 9.17) is 5.73 Å². The van der Waals surface area contributed by atoms with Gasteiger partial charge in [0.05, 0.1) is 0 Å². The summed E-state index contributed by atoms with van der Waals surface area (Å²) in [4.78, 5) is 0. The lowest BCUT2D eigenvalue weighted by molar-refractivity contribution is 0.103. The average Bonchev–Trinajstić information content (AvgIpc) is 2.31. The molecule has 1 heteroatoms. The van der Waals surface area contributed by atoms with E-state index in [0.717, 1.165) is 11.8 Å². The highest BCUT2D eigenvalue weighted by atomic mass is 14.7. The molecule has 2 aliphatic carbocycles. The Bertz CT molecular complexity index is 168. The Labute approximate surface area is 75.7 Å². The summed E-state index contributed by atoms with van der Waals surface area (Å²) in [7, 11) is 0. The second kappa shape index (κ2) is 2.73. The van der Waals surface area contributed by atoms with Crippen LogP contribution in [0.1, 0.15) is 46.0 Å². The first-order valence-electron chi connectivity index (χ1n) is 5.37. The van der Waals surface area contributed by atoms with Crippen molar-refractivity contribution in [2.45, 2.75) is 52.0 Å². The lowest BCUT2D eigenvalue weighted by atomic mass is 9.64. The molecule has 0 aromatic carbocycles. The highest BCUT2D eigenvalue weighted by Crippen LogP contribution is 2.55. The summed E-state index contributed by atoms with van der Waals surface area (Å²) in [6.07, 6.45) is 7.03. The lowest BCUT2D eigenvalue weighted by Crippen LogP contribution is -2.44. The molecule has 0 bridgehead atoms. The van der Waals surface area contributed by atoms with Gasteiger partial charge in [-0.1, -0.05) is 13.8 Å². The fourth-order valence-electron chi connectivity index (χ4n) is 3.24. The van der Waals surface area contributed by atoms with Crippen LogP contribution in [0.5, 0.6) is 0 Å². The summed E-state index contributed by atoms with van der Waals surface area (Å²) in [6.45, 7) is 4.73. The SMILES string of the molecule is CC(C)C1CCC2(CC(N)C2)C1. The zero-order valence-electron chi connectivity index (χ0n) is 8.34. The Morgan fingerprint density at radius 2 is 1.92 bits per heavy atom. The minimum Gasteiger partial charge on any atom is -0.328 e. The van der Waals surface area contributed by atoms with E-state index in [0.29, 0.717) is 11.5 Å². The minimum atomic E-state index is 0.538. The maximum Gasteiger partial charge on any atom is 0.00494 e. The Balaban J connectivity index is 1.90. The van der Waals surface area contributed by atoms with E-state index in [-0.39, 0.29) is 0 Å². The van der Waals surface area contributed by atoms with Crippen molar-refractivity contribution in [1.29, 1.82) is 0 Å². The van der Waals surface area contributed by atoms with Gasteiger partial charge in [0, 0.05) is 6.04 Å². The summed E-state index contributed by atoms with van der Waals surface area (Å²) < 4.78 is 0. The molecule has 1 atom stereocenters. The first-order valence-corrected chi connectivity index (χ1v) is 5.37. The molecule has 12 heavy (non-hydrogen) atoms. The second-order valence-corrected chi connectivity index (χ2v) is 5.42. The van der Waals surface area contributed by atoms with Crippen LogP contribution in [0.25, 0.3) is 0 Å². The van der Waals surface area contributed by atoms with Crippen molar-refractivity contribution >= 4 is 0 Å². The molecule has 1 spiro atoms. The van der Waals surface area contributed by atoms with Crippen molar-refractivity contribution in [1.82, 2.24) is 0 Å². The van der Waals surface area contributed by atoms with Gasteiger partial charge in [0.2, 0.25) is 0 Å². The predicted molar refractivity (Wildman–Crippen MR) is 51.8 cm³/mol. The minimum absolute atomic E-state index is 0.538. The summed E-state index contributed by atoms with van der Waals surface area (Å²) in [5.41, 5.74) is 6.57. The zero-order valence-corrected chi connectivity index (χ0v) is 8.34. The maximum absolute atomic E-state index is 5.85. The first-order chi connectivity index (χ1) is 5.61. The summed E-state index contributed by atoms with van der Waals surface area (Å²) in [5, 5.41) is 0. The number of hydrogen-bond acceptors (Lipinski definition) is 1. The van der Waals surface area contributed by atoms with Gasteiger partial charge in [0.15, 0.2) is 0 Å². The second-order valence-electron chi connectivity index (χ2n) is 5.42. The molecule has 0 heterocycles. The highest BCUT2D eigenvalue weighted by Gasteiger charge is 2.47. The number of nitrogens with two attached hydrogens (primary N) is 1. The molecule has 0 aromatic rings. The number of rotatable bonds is 1. The summed E-state index contributed by atoms with van der Waals surface area (Å²) >= 11 is 0. The predicted octanol–water partition coefficient (Wildman–Crippen LogP) is 2.55. The van der Waals surface area contributed by atoms with Gasteiger partial charge in [-0.05, 0) is 49.4 Å². The molecular formula is C11H21N. The van der Waals surface area contributed by atoms with Crippen LogP contribution < -0.4 is 5.73 Å². The molecule has 0 aromatic heterocycles. The fourth-order valence-corrected chi connectivity index (χ4v) is 3.24. The first kappa shape index (κ1) is 8.55. The van der Waals surface area contributed by atoms with Crippen LogP contribution in [-0.2, 0) is 0 Å². The molecule has 1 nitrogen and oxygen atoms in total. The largest absolute Gasteiger partial charge is 0.328 e. The maximum atomic E-state index is 5.85. The van der Waals surface area contributed by atoms with E-state index >= 15 is 0 Å². The fraction of sp³-hybridized carbons (Fsp3) is 1.00. The third-order valence-corrected chi connectivity index (χ3v) is 4.07. The standard InChI is InChI=1S/C11H21N/c1-8(2)9-3-4-11(5-9)6-10(12)7-11/h8-10H,3-7,12H2,1-2H3. The van der Waals surface area contributed by atoms with Crippen LogP contribution in [0.15, 0.2) is 0 Å². The van der Waals surface area contributed by atoms with Gasteiger partial charge in [0.1, 0.15) is 0 Å². The Kier molecular flexibility index (Phi) is 1.95. The van der Waals surface area contributed by atoms with Crippen LogP contribution >= 0.6 is 0 Å². The van der Waals surface area contributed by atoms with Crippen molar-refractivity contribution in [2.24, 2.45) is 23.0 Å². The highest BCUT2D eigenvalue weighted by molar-refractivity contribution is 5.01. The van der Waals surface area contributed by atoms with Crippen molar-refractivity contribution in [3.63, 3.8) is 0 Å². The third-order valence-electron chi connectivity index (χ3n) is 4.07. The Morgan fingerprint density at radius 3 is 2.33 bits per heavy atom. The van der Waals surface area contributed by atoms with Crippen LogP contribution in [0.2, 0.25) is 0 Å². The van der Waals surface area contributed by atoms with E-state index in [9.17, 15) is 0 Å². The molecule has 0 radical (unpaired) electrons. The van der Waals surface area contributed by atoms with E-state index in [1.54, 1.807) is 0 Å². The molecular weight excluding hydrogens is 146 g/mol. The molecule has 2 saturated carbocycles. The molecule has 2 rings (SSSR count). The molecule has 2 N–H and O–H groups in total. The van der Waals surface area contributed by atoms with E-state index in [2.05, 4.69) is 13.8 Å². The van der Waals surface area contributed by atoms with Crippen molar-refractivity contribution < 1.29 is 0 Å². The van der Waals surface area contributed by atoms with E-state index in [1.807, 2.05) is 0 Å². The van der Waals surface area contributed by atoms with Crippen molar-refractivity contribution in [2.75, 3.05) is 0 Å². The molecule has 70 valence electrons. The molecule has 0 amide bonds. The van der Waals surface area contributed by atoms with Gasteiger partial charge >= 0.3 is 0 Å². The summed E-state index contributed by atoms with van der Waals surface area (Å²) in [5.74, 6) is 1.89. The molecule has 2 aliphatic rings. The van der Waals surface area contributed by atoms with Gasteiger partial charge in [0.25, 0.3) is 0 Å².